The predicted octanol–water partition coefficient (Wildman–Crippen LogP) is 5.00. The van der Waals surface area contributed by atoms with E-state index in [-0.39, 0.29) is 17.7 Å². The van der Waals surface area contributed by atoms with Crippen molar-refractivity contribution in [2.75, 3.05) is 17.7 Å². The monoisotopic (exact) mass is 455 g/mol. The molecule has 2 unspecified atom stereocenters. The number of fused-ring (bicyclic) bond motifs is 2. The van der Waals surface area contributed by atoms with Crippen LogP contribution in [0.15, 0.2) is 36.4 Å². The highest BCUT2D eigenvalue weighted by Crippen LogP contribution is 2.41. The molecule has 7 heteroatoms. The van der Waals surface area contributed by atoms with Gasteiger partial charge in [-0.05, 0) is 44.2 Å². The highest BCUT2D eigenvalue weighted by molar-refractivity contribution is 6.34. The summed E-state index contributed by atoms with van der Waals surface area (Å²) in [6, 6.07) is 12.8. The van der Waals surface area contributed by atoms with Crippen LogP contribution in [0.25, 0.3) is 0 Å². The lowest BCUT2D eigenvalue weighted by molar-refractivity contribution is -0.122. The molecule has 32 heavy (non-hydrogen) atoms. The SMILES string of the molecule is COc1cc(NC(C)=O)c(Cl)cc1NC(=O)C1CC2CCC(C1)N2Cc1ccc(C)cc1. The number of anilines is 2. The minimum Gasteiger partial charge on any atom is -0.494 e. The van der Waals surface area contributed by atoms with Crippen molar-refractivity contribution in [1.29, 1.82) is 0 Å². The van der Waals surface area contributed by atoms with Crippen molar-refractivity contribution in [2.45, 2.75) is 58.2 Å². The van der Waals surface area contributed by atoms with Crippen LogP contribution in [0, 0.1) is 12.8 Å². The molecule has 0 saturated carbocycles. The number of methoxy groups -OCH3 is 1. The van der Waals surface area contributed by atoms with E-state index in [1.54, 1.807) is 12.1 Å². The second-order valence-corrected chi connectivity index (χ2v) is 9.32. The summed E-state index contributed by atoms with van der Waals surface area (Å²) >= 11 is 6.31. The molecule has 2 aliphatic heterocycles. The predicted molar refractivity (Wildman–Crippen MR) is 127 cm³/mol. The molecular weight excluding hydrogens is 426 g/mol. The van der Waals surface area contributed by atoms with Crippen molar-refractivity contribution in [3.63, 3.8) is 0 Å². The molecule has 4 rings (SSSR count). The molecule has 2 amide bonds. The molecule has 2 saturated heterocycles. The molecule has 2 fully saturated rings. The topological polar surface area (TPSA) is 70.7 Å². The molecule has 2 heterocycles. The van der Waals surface area contributed by atoms with Gasteiger partial charge in [0.25, 0.3) is 0 Å². The van der Waals surface area contributed by atoms with Crippen molar-refractivity contribution in [3.8, 4) is 5.75 Å². The van der Waals surface area contributed by atoms with E-state index >= 15 is 0 Å². The Bertz CT molecular complexity index is 994. The lowest BCUT2D eigenvalue weighted by Gasteiger charge is -2.38. The fourth-order valence-electron chi connectivity index (χ4n) is 4.99. The standard InChI is InChI=1S/C25H30ClN3O3/c1-15-4-6-17(7-5-15)14-29-19-8-9-20(29)11-18(10-19)25(31)28-23-12-21(26)22(27-16(2)30)13-24(23)32-3/h4-7,12-13,18-20H,8-11,14H2,1-3H3,(H,27,30)(H,28,31). The number of carbonyl (C=O) groups excluding carboxylic acids is 2. The molecule has 2 aromatic carbocycles. The number of hydrogen-bond donors (Lipinski definition) is 2. The van der Waals surface area contributed by atoms with Gasteiger partial charge in [0.1, 0.15) is 5.75 Å². The van der Waals surface area contributed by atoms with Crippen LogP contribution in [-0.2, 0) is 16.1 Å². The summed E-state index contributed by atoms with van der Waals surface area (Å²) in [5, 5.41) is 6.03. The molecule has 0 aliphatic carbocycles. The number of halogens is 1. The Labute approximate surface area is 194 Å². The van der Waals surface area contributed by atoms with E-state index in [4.69, 9.17) is 16.3 Å². The summed E-state index contributed by atoms with van der Waals surface area (Å²) < 4.78 is 5.42. The van der Waals surface area contributed by atoms with Crippen LogP contribution in [0.2, 0.25) is 5.02 Å². The van der Waals surface area contributed by atoms with E-state index in [0.717, 1.165) is 32.2 Å². The van der Waals surface area contributed by atoms with Gasteiger partial charge in [-0.2, -0.15) is 0 Å². The van der Waals surface area contributed by atoms with Crippen molar-refractivity contribution in [2.24, 2.45) is 5.92 Å². The van der Waals surface area contributed by atoms with Gasteiger partial charge in [-0.15, -0.1) is 0 Å². The second-order valence-electron chi connectivity index (χ2n) is 8.91. The van der Waals surface area contributed by atoms with E-state index in [0.29, 0.717) is 34.2 Å². The number of amides is 2. The number of ether oxygens (including phenoxy) is 1. The summed E-state index contributed by atoms with van der Waals surface area (Å²) in [7, 11) is 1.53. The first-order valence-electron chi connectivity index (χ1n) is 11.1. The smallest absolute Gasteiger partial charge is 0.227 e. The Balaban J connectivity index is 1.43. The van der Waals surface area contributed by atoms with Gasteiger partial charge >= 0.3 is 0 Å². The molecular formula is C25H30ClN3O3. The van der Waals surface area contributed by atoms with E-state index in [1.807, 2.05) is 0 Å². The minimum atomic E-state index is -0.224. The van der Waals surface area contributed by atoms with Crippen LogP contribution >= 0.6 is 11.6 Å². The zero-order valence-electron chi connectivity index (χ0n) is 18.8. The highest BCUT2D eigenvalue weighted by atomic mass is 35.5. The molecule has 2 aliphatic rings. The van der Waals surface area contributed by atoms with Gasteiger partial charge in [-0.25, -0.2) is 0 Å². The summed E-state index contributed by atoms with van der Waals surface area (Å²) in [6.45, 7) is 4.46. The maximum Gasteiger partial charge on any atom is 0.227 e. The van der Waals surface area contributed by atoms with E-state index in [2.05, 4.69) is 46.7 Å². The van der Waals surface area contributed by atoms with Crippen LogP contribution in [0.5, 0.6) is 5.75 Å². The zero-order valence-corrected chi connectivity index (χ0v) is 19.5. The zero-order chi connectivity index (χ0) is 22.8. The van der Waals surface area contributed by atoms with Gasteiger partial charge in [0.15, 0.2) is 0 Å². The lowest BCUT2D eigenvalue weighted by Crippen LogP contribution is -2.45. The van der Waals surface area contributed by atoms with Gasteiger partial charge in [0.2, 0.25) is 11.8 Å². The third kappa shape index (κ3) is 4.92. The first kappa shape index (κ1) is 22.6. The first-order valence-corrected chi connectivity index (χ1v) is 11.5. The molecule has 2 aromatic rings. The number of carbonyl (C=O) groups is 2. The normalized spacial score (nSPS) is 22.4. The van der Waals surface area contributed by atoms with Gasteiger partial charge in [-0.1, -0.05) is 41.4 Å². The van der Waals surface area contributed by atoms with Crippen molar-refractivity contribution in [1.82, 2.24) is 4.90 Å². The van der Waals surface area contributed by atoms with E-state index < -0.39 is 0 Å². The first-order chi connectivity index (χ1) is 15.3. The highest BCUT2D eigenvalue weighted by Gasteiger charge is 2.42. The van der Waals surface area contributed by atoms with Crippen molar-refractivity contribution < 1.29 is 14.3 Å². The maximum absolute atomic E-state index is 13.1. The van der Waals surface area contributed by atoms with Crippen LogP contribution in [0.4, 0.5) is 11.4 Å². The van der Waals surface area contributed by atoms with E-state index in [9.17, 15) is 9.59 Å². The summed E-state index contributed by atoms with van der Waals surface area (Å²) in [4.78, 5) is 27.1. The Morgan fingerprint density at radius 2 is 1.72 bits per heavy atom. The third-order valence-electron chi connectivity index (χ3n) is 6.60. The Morgan fingerprint density at radius 3 is 2.31 bits per heavy atom. The van der Waals surface area contributed by atoms with Crippen LogP contribution < -0.4 is 15.4 Å². The van der Waals surface area contributed by atoms with Crippen LogP contribution in [0.1, 0.15) is 43.7 Å². The summed E-state index contributed by atoms with van der Waals surface area (Å²) in [6.07, 6.45) is 3.99. The van der Waals surface area contributed by atoms with Crippen LogP contribution in [0.3, 0.4) is 0 Å². The molecule has 2 N–H and O–H groups in total. The van der Waals surface area contributed by atoms with Gasteiger partial charge in [0.05, 0.1) is 23.5 Å². The fourth-order valence-corrected chi connectivity index (χ4v) is 5.20. The van der Waals surface area contributed by atoms with Gasteiger partial charge in [-0.3, -0.25) is 14.5 Å². The largest absolute Gasteiger partial charge is 0.494 e. The number of rotatable bonds is 6. The Hall–Kier alpha value is -2.57. The second kappa shape index (κ2) is 9.51. The number of nitrogens with zero attached hydrogens (tertiary/aromatic N) is 1. The molecule has 6 nitrogen and oxygen atoms in total. The van der Waals surface area contributed by atoms with Gasteiger partial charge in [0, 0.05) is 37.5 Å². The lowest BCUT2D eigenvalue weighted by atomic mass is 9.89. The molecule has 0 spiro atoms. The number of hydrogen-bond acceptors (Lipinski definition) is 4. The number of benzene rings is 2. The quantitative estimate of drug-likeness (QED) is 0.643. The van der Waals surface area contributed by atoms with Gasteiger partial charge < -0.3 is 15.4 Å². The molecule has 2 bridgehead atoms. The van der Waals surface area contributed by atoms with Crippen LogP contribution in [-0.4, -0.2) is 35.9 Å². The fraction of sp³-hybridized carbons (Fsp3) is 0.440. The average Bonchev–Trinajstić information content (AvgIpc) is 2.97. The third-order valence-corrected chi connectivity index (χ3v) is 6.91. The molecule has 0 aromatic heterocycles. The van der Waals surface area contributed by atoms with Crippen molar-refractivity contribution in [3.05, 3.63) is 52.5 Å². The Kier molecular flexibility index (Phi) is 6.72. The summed E-state index contributed by atoms with van der Waals surface area (Å²) in [5.41, 5.74) is 3.57. The molecule has 2 atom stereocenters. The minimum absolute atomic E-state index is 0.00136. The number of aryl methyl sites for hydroxylation is 1. The molecule has 170 valence electrons. The Morgan fingerprint density at radius 1 is 1.06 bits per heavy atom. The number of nitrogens with one attached hydrogen (secondary N) is 2. The maximum atomic E-state index is 13.1. The summed E-state index contributed by atoms with van der Waals surface area (Å²) in [5.74, 6) is 0.198. The van der Waals surface area contributed by atoms with E-state index in [1.165, 1.54) is 25.2 Å². The van der Waals surface area contributed by atoms with Crippen molar-refractivity contribution >= 4 is 34.8 Å². The average molecular weight is 456 g/mol. The molecule has 0 radical (unpaired) electrons. The number of piperidine rings is 1.